The van der Waals surface area contributed by atoms with E-state index in [2.05, 4.69) is 4.52 Å². The van der Waals surface area contributed by atoms with Gasteiger partial charge in [0.2, 0.25) is 0 Å². The van der Waals surface area contributed by atoms with Gasteiger partial charge in [-0.1, -0.05) is 0 Å². The van der Waals surface area contributed by atoms with Gasteiger partial charge in [0.25, 0.3) is 0 Å². The van der Waals surface area contributed by atoms with Gasteiger partial charge in [0.1, 0.15) is 36.6 Å². The lowest BCUT2D eigenvalue weighted by Gasteiger charge is -2.41. The molecule has 10 nitrogen and oxygen atoms in total. The Morgan fingerprint density at radius 1 is 0.952 bits per heavy atom. The van der Waals surface area contributed by atoms with Crippen molar-refractivity contribution in [1.82, 2.24) is 0 Å². The summed E-state index contributed by atoms with van der Waals surface area (Å²) in [6.45, 7) is -0.613. The molecule has 8 N–H and O–H groups in total. The molecule has 21 heavy (non-hydrogen) atoms. The third-order valence-corrected chi connectivity index (χ3v) is 4.71. The van der Waals surface area contributed by atoms with E-state index in [4.69, 9.17) is 10.2 Å². The van der Waals surface area contributed by atoms with Gasteiger partial charge in [-0.05, 0) is 6.42 Å². The maximum atomic E-state index is 11.8. The highest BCUT2D eigenvalue weighted by molar-refractivity contribution is 7.52. The molecule has 0 aromatic carbocycles. The quantitative estimate of drug-likeness (QED) is 0.223. The molecule has 1 saturated carbocycles. The van der Waals surface area contributed by atoms with Gasteiger partial charge < -0.3 is 40.6 Å². The summed E-state index contributed by atoms with van der Waals surface area (Å²) in [7, 11) is -4.37. The van der Waals surface area contributed by atoms with Crippen LogP contribution in [0.2, 0.25) is 0 Å². The molecule has 1 rings (SSSR count). The van der Waals surface area contributed by atoms with Gasteiger partial charge in [-0.15, -0.1) is 0 Å². The first kappa shape index (κ1) is 18.9. The summed E-state index contributed by atoms with van der Waals surface area (Å²) in [5, 5.41) is 65.3. The molecule has 1 fully saturated rings. The van der Waals surface area contributed by atoms with Crippen molar-refractivity contribution < 1.29 is 49.7 Å². The van der Waals surface area contributed by atoms with E-state index < -0.39 is 63.1 Å². The van der Waals surface area contributed by atoms with Crippen LogP contribution in [0.3, 0.4) is 0 Å². The molecule has 0 amide bonds. The van der Waals surface area contributed by atoms with E-state index in [1.165, 1.54) is 0 Å². The van der Waals surface area contributed by atoms with Crippen LogP contribution in [0, 0.1) is 0 Å². The predicted octanol–water partition coefficient (Wildman–Crippen LogP) is -3.88. The van der Waals surface area contributed by atoms with Crippen molar-refractivity contribution in [3.05, 3.63) is 0 Å². The minimum Gasteiger partial charge on any atom is -0.394 e. The Kier molecular flexibility index (Phi) is 6.69. The van der Waals surface area contributed by atoms with Crippen LogP contribution in [0.15, 0.2) is 0 Å². The van der Waals surface area contributed by atoms with E-state index in [0.717, 1.165) is 0 Å². The van der Waals surface area contributed by atoms with Crippen LogP contribution >= 0.6 is 7.60 Å². The minimum absolute atomic E-state index is 0.267. The molecule has 3 unspecified atom stereocenters. The highest BCUT2D eigenvalue weighted by Gasteiger charge is 2.50. The van der Waals surface area contributed by atoms with Gasteiger partial charge in [-0.2, -0.15) is 0 Å². The lowest BCUT2D eigenvalue weighted by atomic mass is 9.85. The average Bonchev–Trinajstić information content (AvgIpc) is 2.45. The molecule has 0 aliphatic heterocycles. The van der Waals surface area contributed by atoms with E-state index in [0.29, 0.717) is 0 Å². The molecule has 0 radical (unpaired) electrons. The molecule has 8 atom stereocenters. The van der Waals surface area contributed by atoms with Crippen molar-refractivity contribution in [3.63, 3.8) is 0 Å². The Balaban J connectivity index is 2.72. The maximum Gasteiger partial charge on any atom is 0.328 e. The summed E-state index contributed by atoms with van der Waals surface area (Å²) >= 11 is 0. The largest absolute Gasteiger partial charge is 0.394 e. The number of hydrogen-bond acceptors (Lipinski definition) is 9. The van der Waals surface area contributed by atoms with Crippen molar-refractivity contribution in [3.8, 4) is 0 Å². The van der Waals surface area contributed by atoms with E-state index >= 15 is 0 Å². The van der Waals surface area contributed by atoms with Gasteiger partial charge in [-0.3, -0.25) is 9.09 Å². The Hall–Kier alpha value is -0.130. The first-order valence-electron chi connectivity index (χ1n) is 6.30. The maximum absolute atomic E-state index is 11.8. The van der Waals surface area contributed by atoms with Crippen LogP contribution in [0.4, 0.5) is 0 Å². The molecule has 1 aliphatic rings. The Labute approximate surface area is 120 Å². The lowest BCUT2D eigenvalue weighted by molar-refractivity contribution is -0.218. The zero-order valence-electron chi connectivity index (χ0n) is 11.0. The molecule has 126 valence electrons. The highest BCUT2D eigenvalue weighted by atomic mass is 31.2. The number of hydrogen-bond donors (Lipinski definition) is 8. The van der Waals surface area contributed by atoms with E-state index in [9.17, 15) is 35.0 Å². The van der Waals surface area contributed by atoms with Gasteiger partial charge in [-0.25, -0.2) is 0 Å². The van der Waals surface area contributed by atoms with Crippen LogP contribution in [-0.2, 0) is 9.09 Å². The van der Waals surface area contributed by atoms with Crippen molar-refractivity contribution in [1.29, 1.82) is 0 Å². The number of aliphatic hydroxyl groups is 7. The Morgan fingerprint density at radius 2 is 1.38 bits per heavy atom. The van der Waals surface area contributed by atoms with Crippen molar-refractivity contribution in [2.75, 3.05) is 12.8 Å². The van der Waals surface area contributed by atoms with Gasteiger partial charge in [0.05, 0.1) is 18.9 Å². The third kappa shape index (κ3) is 4.67. The lowest BCUT2D eigenvalue weighted by Crippen LogP contribution is -2.64. The summed E-state index contributed by atoms with van der Waals surface area (Å²) < 4.78 is 16.5. The fourth-order valence-electron chi connectivity index (χ4n) is 1.97. The van der Waals surface area contributed by atoms with Crippen LogP contribution in [-0.4, -0.2) is 96.1 Å². The topological polar surface area (TPSA) is 188 Å². The van der Waals surface area contributed by atoms with Gasteiger partial charge >= 0.3 is 7.60 Å². The standard InChI is InChI=1S/C10H21O10P/c11-3-4(12)1-2-21(18,19)20-10-8(16)6(14)5(13)7(15)9(10)17/h4-17H,1-3H2,(H,18,19)/t4-,5?,6-,7+,8+,9+,10?/m0/s1. The Morgan fingerprint density at radius 3 is 1.81 bits per heavy atom. The third-order valence-electron chi connectivity index (χ3n) is 3.31. The van der Waals surface area contributed by atoms with Crippen molar-refractivity contribution in [2.45, 2.75) is 49.1 Å². The molecule has 0 bridgehead atoms. The highest BCUT2D eigenvalue weighted by Crippen LogP contribution is 2.46. The van der Waals surface area contributed by atoms with Crippen LogP contribution in [0.1, 0.15) is 6.42 Å². The predicted molar refractivity (Wildman–Crippen MR) is 67.3 cm³/mol. The van der Waals surface area contributed by atoms with Crippen LogP contribution in [0.25, 0.3) is 0 Å². The summed E-state index contributed by atoms with van der Waals surface area (Å²) in [6, 6.07) is 0. The van der Waals surface area contributed by atoms with Crippen LogP contribution < -0.4 is 0 Å². The SMILES string of the molecule is O=P(O)(CC[C@H](O)CO)OC1[C@H](O)[C@H](O)C(O)[C@H](O)[C@H]1O. The molecular weight excluding hydrogens is 311 g/mol. The monoisotopic (exact) mass is 332 g/mol. The first-order chi connectivity index (χ1) is 9.60. The summed E-state index contributed by atoms with van der Waals surface area (Å²) in [5.41, 5.74) is 0. The first-order valence-corrected chi connectivity index (χ1v) is 8.06. The summed E-state index contributed by atoms with van der Waals surface area (Å²) in [6.07, 6.45) is -13.2. The molecule has 0 saturated heterocycles. The fraction of sp³-hybridized carbons (Fsp3) is 1.00. The molecular formula is C10H21O10P. The second-order valence-electron chi connectivity index (χ2n) is 5.01. The second kappa shape index (κ2) is 7.42. The average molecular weight is 332 g/mol. The smallest absolute Gasteiger partial charge is 0.328 e. The molecule has 0 spiro atoms. The van der Waals surface area contributed by atoms with Gasteiger partial charge in [0.15, 0.2) is 0 Å². The normalized spacial score (nSPS) is 41.5. The van der Waals surface area contributed by atoms with E-state index in [-0.39, 0.29) is 6.42 Å². The second-order valence-corrected chi connectivity index (χ2v) is 6.94. The molecule has 1 aliphatic carbocycles. The molecule has 0 aromatic rings. The van der Waals surface area contributed by atoms with Crippen molar-refractivity contribution in [2.24, 2.45) is 0 Å². The summed E-state index contributed by atoms with van der Waals surface area (Å²) in [4.78, 5) is 9.58. The molecule has 0 heterocycles. The van der Waals surface area contributed by atoms with Crippen LogP contribution in [0.5, 0.6) is 0 Å². The van der Waals surface area contributed by atoms with E-state index in [1.807, 2.05) is 0 Å². The van der Waals surface area contributed by atoms with E-state index in [1.54, 1.807) is 0 Å². The molecule has 11 heteroatoms. The minimum atomic E-state index is -4.37. The number of aliphatic hydroxyl groups excluding tert-OH is 7. The van der Waals surface area contributed by atoms with Crippen molar-refractivity contribution >= 4 is 7.60 Å². The zero-order chi connectivity index (χ0) is 16.4. The summed E-state index contributed by atoms with van der Waals surface area (Å²) in [5.74, 6) is 0. The number of rotatable bonds is 6. The molecule has 0 aromatic heterocycles. The van der Waals surface area contributed by atoms with Gasteiger partial charge in [0, 0.05) is 0 Å². The zero-order valence-corrected chi connectivity index (χ0v) is 11.9. The fourth-order valence-corrected chi connectivity index (χ4v) is 3.33. The Bertz CT molecular complexity index is 363.